The highest BCUT2D eigenvalue weighted by molar-refractivity contribution is 9.09. The SMILES string of the molecule is CC(C)(CBr)[C@@H]1[C@H](OCc2ccccc2)C(=O)N1C(C)(C)C. The predicted molar refractivity (Wildman–Crippen MR) is 93.0 cm³/mol. The fourth-order valence-corrected chi connectivity index (χ4v) is 3.30. The van der Waals surface area contributed by atoms with Crippen LogP contribution in [0.4, 0.5) is 0 Å². The van der Waals surface area contributed by atoms with Crippen molar-refractivity contribution in [1.82, 2.24) is 4.90 Å². The van der Waals surface area contributed by atoms with Crippen molar-refractivity contribution < 1.29 is 9.53 Å². The minimum Gasteiger partial charge on any atom is -0.361 e. The molecule has 0 spiro atoms. The van der Waals surface area contributed by atoms with Gasteiger partial charge in [0.25, 0.3) is 5.91 Å². The van der Waals surface area contributed by atoms with E-state index in [-0.39, 0.29) is 29.0 Å². The van der Waals surface area contributed by atoms with Crippen LogP contribution < -0.4 is 0 Å². The molecule has 4 heteroatoms. The van der Waals surface area contributed by atoms with Gasteiger partial charge in [-0.1, -0.05) is 60.1 Å². The number of amides is 1. The Labute approximate surface area is 142 Å². The molecule has 22 heavy (non-hydrogen) atoms. The average molecular weight is 368 g/mol. The normalized spacial score (nSPS) is 22.6. The van der Waals surface area contributed by atoms with Crippen LogP contribution in [0.3, 0.4) is 0 Å². The summed E-state index contributed by atoms with van der Waals surface area (Å²) >= 11 is 3.59. The second kappa shape index (κ2) is 6.32. The fourth-order valence-electron chi connectivity index (χ4n) is 2.97. The molecular weight excluding hydrogens is 342 g/mol. The monoisotopic (exact) mass is 367 g/mol. The van der Waals surface area contributed by atoms with Gasteiger partial charge in [0, 0.05) is 10.9 Å². The molecule has 0 N–H and O–H groups in total. The first-order valence-electron chi connectivity index (χ1n) is 7.73. The Morgan fingerprint density at radius 1 is 1.14 bits per heavy atom. The van der Waals surface area contributed by atoms with Gasteiger partial charge in [0.15, 0.2) is 6.10 Å². The summed E-state index contributed by atoms with van der Waals surface area (Å²) in [6, 6.07) is 10.1. The zero-order valence-corrected chi connectivity index (χ0v) is 15.7. The number of alkyl halides is 1. The molecule has 1 aliphatic heterocycles. The number of carbonyl (C=O) groups excluding carboxylic acids is 1. The molecule has 3 nitrogen and oxygen atoms in total. The molecule has 1 amide bonds. The largest absolute Gasteiger partial charge is 0.361 e. The molecule has 0 saturated carbocycles. The van der Waals surface area contributed by atoms with Crippen LogP contribution in [0.2, 0.25) is 0 Å². The second-order valence-corrected chi connectivity index (χ2v) is 8.22. The summed E-state index contributed by atoms with van der Waals surface area (Å²) in [6.45, 7) is 11.1. The number of halogens is 1. The third-order valence-corrected chi connectivity index (χ3v) is 5.63. The van der Waals surface area contributed by atoms with E-state index in [1.165, 1.54) is 0 Å². The van der Waals surface area contributed by atoms with Crippen molar-refractivity contribution in [3.05, 3.63) is 35.9 Å². The summed E-state index contributed by atoms with van der Waals surface area (Å²) in [5.74, 6) is 0.0995. The van der Waals surface area contributed by atoms with Crippen molar-refractivity contribution in [2.75, 3.05) is 5.33 Å². The average Bonchev–Trinajstić information content (AvgIpc) is 2.44. The van der Waals surface area contributed by atoms with Crippen LogP contribution in [-0.4, -0.2) is 33.8 Å². The Balaban J connectivity index is 2.14. The van der Waals surface area contributed by atoms with Gasteiger partial charge in [-0.25, -0.2) is 0 Å². The first kappa shape index (κ1) is 17.5. The van der Waals surface area contributed by atoms with Gasteiger partial charge in [-0.2, -0.15) is 0 Å². The molecule has 1 aliphatic rings. The maximum Gasteiger partial charge on any atom is 0.254 e. The van der Waals surface area contributed by atoms with E-state index in [4.69, 9.17) is 4.74 Å². The van der Waals surface area contributed by atoms with Crippen LogP contribution in [0, 0.1) is 5.41 Å². The van der Waals surface area contributed by atoms with Crippen LogP contribution in [0.5, 0.6) is 0 Å². The first-order valence-corrected chi connectivity index (χ1v) is 8.85. The molecule has 0 aromatic heterocycles. The number of hydrogen-bond acceptors (Lipinski definition) is 2. The highest BCUT2D eigenvalue weighted by atomic mass is 79.9. The summed E-state index contributed by atoms with van der Waals surface area (Å²) in [6.07, 6.45) is -0.355. The summed E-state index contributed by atoms with van der Waals surface area (Å²) in [5.41, 5.74) is 0.871. The Morgan fingerprint density at radius 3 is 2.23 bits per heavy atom. The van der Waals surface area contributed by atoms with Gasteiger partial charge in [0.2, 0.25) is 0 Å². The molecular formula is C18H26BrNO2. The Hall–Kier alpha value is -0.870. The van der Waals surface area contributed by atoms with Crippen molar-refractivity contribution in [2.45, 2.75) is 58.9 Å². The number of benzene rings is 1. The smallest absolute Gasteiger partial charge is 0.254 e. The molecule has 0 radical (unpaired) electrons. The summed E-state index contributed by atoms with van der Waals surface area (Å²) in [7, 11) is 0. The van der Waals surface area contributed by atoms with E-state index in [1.54, 1.807) is 0 Å². The van der Waals surface area contributed by atoms with Crippen LogP contribution in [0.15, 0.2) is 30.3 Å². The lowest BCUT2D eigenvalue weighted by Gasteiger charge is -2.58. The number of nitrogens with zero attached hydrogens (tertiary/aromatic N) is 1. The van der Waals surface area contributed by atoms with E-state index in [2.05, 4.69) is 50.5 Å². The first-order chi connectivity index (χ1) is 10.2. The van der Waals surface area contributed by atoms with Crippen molar-refractivity contribution in [3.8, 4) is 0 Å². The summed E-state index contributed by atoms with van der Waals surface area (Å²) < 4.78 is 5.99. The highest BCUT2D eigenvalue weighted by Crippen LogP contribution is 2.42. The summed E-state index contributed by atoms with van der Waals surface area (Å²) in [4.78, 5) is 14.6. The Bertz CT molecular complexity index is 522. The Morgan fingerprint density at radius 2 is 1.73 bits per heavy atom. The van der Waals surface area contributed by atoms with Gasteiger partial charge in [-0.05, 0) is 31.7 Å². The molecule has 1 saturated heterocycles. The zero-order chi connectivity index (χ0) is 16.5. The lowest BCUT2D eigenvalue weighted by atomic mass is 9.74. The minimum atomic E-state index is -0.355. The topological polar surface area (TPSA) is 29.5 Å². The number of carbonyl (C=O) groups is 1. The van der Waals surface area contributed by atoms with Crippen LogP contribution >= 0.6 is 15.9 Å². The standard InChI is InChI=1S/C18H26BrNO2/c1-17(2,3)20-15(18(4,5)12-19)14(16(20)21)22-11-13-9-7-6-8-10-13/h6-10,14-15H,11-12H2,1-5H3/t14-,15-/m0/s1. The number of β-lactam (4-membered cyclic amide) rings is 1. The second-order valence-electron chi connectivity index (χ2n) is 7.66. The quantitative estimate of drug-likeness (QED) is 0.581. The van der Waals surface area contributed by atoms with Gasteiger partial charge < -0.3 is 9.64 Å². The van der Waals surface area contributed by atoms with Crippen LogP contribution in [0.25, 0.3) is 0 Å². The van der Waals surface area contributed by atoms with E-state index < -0.39 is 0 Å². The minimum absolute atomic E-state index is 0.0391. The summed E-state index contributed by atoms with van der Waals surface area (Å²) in [5, 5.41) is 0.829. The van der Waals surface area contributed by atoms with Crippen molar-refractivity contribution in [1.29, 1.82) is 0 Å². The van der Waals surface area contributed by atoms with Gasteiger partial charge in [0.05, 0.1) is 12.6 Å². The zero-order valence-electron chi connectivity index (χ0n) is 14.1. The van der Waals surface area contributed by atoms with Crippen LogP contribution in [-0.2, 0) is 16.1 Å². The van der Waals surface area contributed by atoms with Gasteiger partial charge in [-0.3, -0.25) is 4.79 Å². The molecule has 2 atom stereocenters. The molecule has 1 aromatic carbocycles. The number of rotatable bonds is 5. The van der Waals surface area contributed by atoms with Gasteiger partial charge >= 0.3 is 0 Å². The third kappa shape index (κ3) is 3.38. The number of hydrogen-bond donors (Lipinski definition) is 0. The Kier molecular flexibility index (Phi) is 5.03. The maximum absolute atomic E-state index is 12.6. The van der Waals surface area contributed by atoms with Crippen LogP contribution in [0.1, 0.15) is 40.2 Å². The number of likely N-dealkylation sites (tertiary alicyclic amines) is 1. The van der Waals surface area contributed by atoms with Crippen molar-refractivity contribution in [3.63, 3.8) is 0 Å². The van der Waals surface area contributed by atoms with Crippen molar-refractivity contribution in [2.24, 2.45) is 5.41 Å². The van der Waals surface area contributed by atoms with E-state index in [0.717, 1.165) is 10.9 Å². The lowest BCUT2D eigenvalue weighted by Crippen LogP contribution is -2.75. The third-order valence-electron chi connectivity index (χ3n) is 4.19. The van der Waals surface area contributed by atoms with E-state index in [9.17, 15) is 4.79 Å². The maximum atomic E-state index is 12.6. The van der Waals surface area contributed by atoms with E-state index in [0.29, 0.717) is 6.61 Å². The highest BCUT2D eigenvalue weighted by Gasteiger charge is 2.57. The molecule has 0 aliphatic carbocycles. The van der Waals surface area contributed by atoms with E-state index >= 15 is 0 Å². The number of ether oxygens (including phenoxy) is 1. The lowest BCUT2D eigenvalue weighted by molar-refractivity contribution is -0.198. The fraction of sp³-hybridized carbons (Fsp3) is 0.611. The van der Waals surface area contributed by atoms with E-state index in [1.807, 2.05) is 35.2 Å². The molecule has 0 bridgehead atoms. The predicted octanol–water partition coefficient (Wildman–Crippen LogP) is 4.00. The van der Waals surface area contributed by atoms with Gasteiger partial charge in [-0.15, -0.1) is 0 Å². The molecule has 1 aromatic rings. The molecule has 1 heterocycles. The van der Waals surface area contributed by atoms with Crippen molar-refractivity contribution >= 4 is 21.8 Å². The molecule has 1 fully saturated rings. The van der Waals surface area contributed by atoms with Gasteiger partial charge in [0.1, 0.15) is 0 Å². The molecule has 0 unspecified atom stereocenters. The molecule has 122 valence electrons. The molecule has 2 rings (SSSR count).